The minimum atomic E-state index is -0.0821. The van der Waals surface area contributed by atoms with Gasteiger partial charge in [0.25, 0.3) is 0 Å². The summed E-state index contributed by atoms with van der Waals surface area (Å²) in [5, 5.41) is 5.73. The standard InChI is InChI=1S/C24H27N3O4/c1-16(2)24(29)27-19-8-4-17(5-9-19)14-25-22(28)12-13-23-26-15-21(31-23)18-6-10-20(30-3)11-7-18/h4-11,15-16H,12-14H2,1-3H3,(H,25,28)(H,27,29). The summed E-state index contributed by atoms with van der Waals surface area (Å²) in [4.78, 5) is 28.2. The Labute approximate surface area is 181 Å². The number of aryl methyl sites for hydroxylation is 1. The molecule has 162 valence electrons. The van der Waals surface area contributed by atoms with Crippen LogP contribution in [0.15, 0.2) is 59.1 Å². The second kappa shape index (κ2) is 10.4. The molecule has 0 radical (unpaired) electrons. The minimum Gasteiger partial charge on any atom is -0.497 e. The molecule has 2 aromatic carbocycles. The van der Waals surface area contributed by atoms with Crippen LogP contribution >= 0.6 is 0 Å². The molecule has 0 bridgehead atoms. The number of aromatic nitrogens is 1. The Kier molecular flexibility index (Phi) is 7.43. The highest BCUT2D eigenvalue weighted by atomic mass is 16.5. The van der Waals surface area contributed by atoms with Gasteiger partial charge in [-0.15, -0.1) is 0 Å². The summed E-state index contributed by atoms with van der Waals surface area (Å²) in [6.45, 7) is 4.11. The van der Waals surface area contributed by atoms with E-state index >= 15 is 0 Å². The minimum absolute atomic E-state index is 0.0252. The first-order chi connectivity index (χ1) is 14.9. The van der Waals surface area contributed by atoms with Crippen molar-refractivity contribution in [3.8, 4) is 17.1 Å². The fourth-order valence-corrected chi connectivity index (χ4v) is 2.82. The lowest BCUT2D eigenvalue weighted by Crippen LogP contribution is -2.23. The number of anilines is 1. The number of hydrogen-bond donors (Lipinski definition) is 2. The predicted octanol–water partition coefficient (Wildman–Crippen LogP) is 4.19. The first kappa shape index (κ1) is 22.1. The first-order valence-corrected chi connectivity index (χ1v) is 10.2. The highest BCUT2D eigenvalue weighted by Gasteiger charge is 2.10. The van der Waals surface area contributed by atoms with Crippen LogP contribution in [0.2, 0.25) is 0 Å². The highest BCUT2D eigenvalue weighted by Crippen LogP contribution is 2.23. The normalized spacial score (nSPS) is 10.7. The van der Waals surface area contributed by atoms with Gasteiger partial charge in [-0.1, -0.05) is 26.0 Å². The lowest BCUT2D eigenvalue weighted by molar-refractivity contribution is -0.121. The van der Waals surface area contributed by atoms with Crippen molar-refractivity contribution in [2.24, 2.45) is 5.92 Å². The van der Waals surface area contributed by atoms with Crippen LogP contribution in [0.5, 0.6) is 5.75 Å². The number of nitrogens with zero attached hydrogens (tertiary/aromatic N) is 1. The summed E-state index contributed by atoms with van der Waals surface area (Å²) < 4.78 is 10.9. The first-order valence-electron chi connectivity index (χ1n) is 10.2. The van der Waals surface area contributed by atoms with Gasteiger partial charge in [-0.05, 0) is 42.0 Å². The summed E-state index contributed by atoms with van der Waals surface area (Å²) in [6, 6.07) is 14.9. The van der Waals surface area contributed by atoms with Crippen molar-refractivity contribution in [1.29, 1.82) is 0 Å². The molecule has 0 unspecified atom stereocenters. The van der Waals surface area contributed by atoms with Crippen LogP contribution < -0.4 is 15.4 Å². The summed E-state index contributed by atoms with van der Waals surface area (Å²) in [5.74, 6) is 1.77. The smallest absolute Gasteiger partial charge is 0.226 e. The fraction of sp³-hybridized carbons (Fsp3) is 0.292. The zero-order valence-corrected chi connectivity index (χ0v) is 18.0. The molecule has 3 rings (SSSR count). The number of benzene rings is 2. The largest absolute Gasteiger partial charge is 0.497 e. The van der Waals surface area contributed by atoms with Crippen LogP contribution in [0.1, 0.15) is 31.7 Å². The van der Waals surface area contributed by atoms with Gasteiger partial charge in [0.2, 0.25) is 11.8 Å². The van der Waals surface area contributed by atoms with Gasteiger partial charge in [0.15, 0.2) is 11.7 Å². The molecule has 0 atom stereocenters. The second-order valence-corrected chi connectivity index (χ2v) is 7.46. The van der Waals surface area contributed by atoms with E-state index in [9.17, 15) is 9.59 Å². The molecule has 1 heterocycles. The molecule has 1 aromatic heterocycles. The van der Waals surface area contributed by atoms with Crippen molar-refractivity contribution in [2.45, 2.75) is 33.2 Å². The third kappa shape index (κ3) is 6.44. The van der Waals surface area contributed by atoms with Crippen molar-refractivity contribution < 1.29 is 18.7 Å². The zero-order valence-electron chi connectivity index (χ0n) is 18.0. The van der Waals surface area contributed by atoms with Crippen molar-refractivity contribution in [3.63, 3.8) is 0 Å². The number of ether oxygens (including phenoxy) is 1. The molecular weight excluding hydrogens is 394 g/mol. The van der Waals surface area contributed by atoms with Crippen LogP contribution in [0, 0.1) is 5.92 Å². The summed E-state index contributed by atoms with van der Waals surface area (Å²) in [6.07, 6.45) is 2.36. The summed E-state index contributed by atoms with van der Waals surface area (Å²) >= 11 is 0. The SMILES string of the molecule is COc1ccc(-c2cnc(CCC(=O)NCc3ccc(NC(=O)C(C)C)cc3)o2)cc1. The van der Waals surface area contributed by atoms with Crippen molar-refractivity contribution in [3.05, 3.63) is 66.2 Å². The quantitative estimate of drug-likeness (QED) is 0.540. The Balaban J connectivity index is 1.44. The molecule has 3 aromatic rings. The van der Waals surface area contributed by atoms with E-state index < -0.39 is 0 Å². The number of rotatable bonds is 9. The Hall–Kier alpha value is -3.61. The van der Waals surface area contributed by atoms with E-state index in [1.807, 2.05) is 62.4 Å². The molecule has 0 saturated heterocycles. The van der Waals surface area contributed by atoms with Gasteiger partial charge in [0.05, 0.1) is 13.3 Å². The maximum Gasteiger partial charge on any atom is 0.226 e. The van der Waals surface area contributed by atoms with E-state index in [1.54, 1.807) is 13.3 Å². The molecule has 0 aliphatic carbocycles. The molecule has 7 nitrogen and oxygen atoms in total. The van der Waals surface area contributed by atoms with Crippen LogP contribution in [-0.4, -0.2) is 23.9 Å². The topological polar surface area (TPSA) is 93.5 Å². The zero-order chi connectivity index (χ0) is 22.2. The van der Waals surface area contributed by atoms with E-state index in [-0.39, 0.29) is 24.2 Å². The van der Waals surface area contributed by atoms with Gasteiger partial charge >= 0.3 is 0 Å². The highest BCUT2D eigenvalue weighted by molar-refractivity contribution is 5.92. The summed E-state index contributed by atoms with van der Waals surface area (Å²) in [7, 11) is 1.62. The Morgan fingerprint density at radius 1 is 1.06 bits per heavy atom. The summed E-state index contributed by atoms with van der Waals surface area (Å²) in [5.41, 5.74) is 2.59. The average molecular weight is 421 g/mol. The molecule has 0 spiro atoms. The number of nitrogens with one attached hydrogen (secondary N) is 2. The van der Waals surface area contributed by atoms with Crippen LogP contribution in [-0.2, 0) is 22.6 Å². The van der Waals surface area contributed by atoms with Gasteiger partial charge in [-0.2, -0.15) is 0 Å². The number of oxazole rings is 1. The van der Waals surface area contributed by atoms with Crippen molar-refractivity contribution in [2.75, 3.05) is 12.4 Å². The van der Waals surface area contributed by atoms with Gasteiger partial charge in [0.1, 0.15) is 5.75 Å². The monoisotopic (exact) mass is 421 g/mol. The Morgan fingerprint density at radius 2 is 1.77 bits per heavy atom. The van der Waals surface area contributed by atoms with Crippen molar-refractivity contribution in [1.82, 2.24) is 10.3 Å². The molecule has 0 aliphatic rings. The molecule has 0 saturated carbocycles. The second-order valence-electron chi connectivity index (χ2n) is 7.46. The molecule has 7 heteroatoms. The number of methoxy groups -OCH3 is 1. The average Bonchev–Trinajstić information content (AvgIpc) is 3.26. The molecule has 31 heavy (non-hydrogen) atoms. The van der Waals surface area contributed by atoms with Crippen LogP contribution in [0.4, 0.5) is 5.69 Å². The van der Waals surface area contributed by atoms with E-state index in [0.717, 1.165) is 22.6 Å². The maximum absolute atomic E-state index is 12.2. The third-order valence-electron chi connectivity index (χ3n) is 4.73. The van der Waals surface area contributed by atoms with E-state index in [4.69, 9.17) is 9.15 Å². The lowest BCUT2D eigenvalue weighted by Gasteiger charge is -2.09. The number of carbonyl (C=O) groups excluding carboxylic acids is 2. The molecule has 0 aliphatic heterocycles. The van der Waals surface area contributed by atoms with Gasteiger partial charge in [-0.3, -0.25) is 9.59 Å². The van der Waals surface area contributed by atoms with Crippen LogP contribution in [0.3, 0.4) is 0 Å². The number of hydrogen-bond acceptors (Lipinski definition) is 5. The van der Waals surface area contributed by atoms with E-state index in [0.29, 0.717) is 24.6 Å². The Morgan fingerprint density at radius 3 is 2.42 bits per heavy atom. The number of amides is 2. The fourth-order valence-electron chi connectivity index (χ4n) is 2.82. The van der Waals surface area contributed by atoms with Crippen molar-refractivity contribution >= 4 is 17.5 Å². The van der Waals surface area contributed by atoms with Gasteiger partial charge in [-0.25, -0.2) is 4.98 Å². The van der Waals surface area contributed by atoms with Gasteiger partial charge < -0.3 is 19.8 Å². The molecule has 0 fully saturated rings. The molecular formula is C24H27N3O4. The lowest BCUT2D eigenvalue weighted by atomic mass is 10.1. The van der Waals surface area contributed by atoms with E-state index in [1.165, 1.54) is 0 Å². The molecule has 2 N–H and O–H groups in total. The predicted molar refractivity (Wildman–Crippen MR) is 119 cm³/mol. The maximum atomic E-state index is 12.2. The van der Waals surface area contributed by atoms with Gasteiger partial charge in [0, 0.05) is 36.6 Å². The van der Waals surface area contributed by atoms with Crippen LogP contribution in [0.25, 0.3) is 11.3 Å². The third-order valence-corrected chi connectivity index (χ3v) is 4.73. The molecule has 2 amide bonds. The Bertz CT molecular complexity index is 1010. The number of carbonyl (C=O) groups is 2. The van der Waals surface area contributed by atoms with E-state index in [2.05, 4.69) is 15.6 Å².